The molecule has 0 aliphatic carbocycles. The van der Waals surface area contributed by atoms with Crippen molar-refractivity contribution in [3.8, 4) is 5.75 Å². The van der Waals surface area contributed by atoms with Gasteiger partial charge in [0.05, 0.1) is 0 Å². The molecule has 0 amide bonds. The van der Waals surface area contributed by atoms with E-state index in [1.807, 2.05) is 18.2 Å². The van der Waals surface area contributed by atoms with Crippen molar-refractivity contribution in [2.24, 2.45) is 11.8 Å². The van der Waals surface area contributed by atoms with Gasteiger partial charge < -0.3 is 15.2 Å². The zero-order chi connectivity index (χ0) is 25.9. The second kappa shape index (κ2) is 19.4. The van der Waals surface area contributed by atoms with Crippen molar-refractivity contribution in [1.82, 2.24) is 5.32 Å². The molecule has 2 aromatic carbocycles. The Labute approximate surface area is 217 Å². The van der Waals surface area contributed by atoms with E-state index in [1.54, 1.807) is 36.4 Å². The van der Waals surface area contributed by atoms with Gasteiger partial charge in [0.1, 0.15) is 12.4 Å². The van der Waals surface area contributed by atoms with E-state index in [9.17, 15) is 9.90 Å². The predicted octanol–water partition coefficient (Wildman–Crippen LogP) is 7.31. The molecule has 1 aliphatic heterocycles. The first-order chi connectivity index (χ1) is 16.0. The number of piperidine rings is 1. The van der Waals surface area contributed by atoms with E-state index in [-0.39, 0.29) is 10.9 Å². The summed E-state index contributed by atoms with van der Waals surface area (Å²) in [5.41, 5.74) is 1.48. The molecule has 1 atom stereocenters. The summed E-state index contributed by atoms with van der Waals surface area (Å²) in [7, 11) is 0. The predicted molar refractivity (Wildman–Crippen MR) is 152 cm³/mol. The van der Waals surface area contributed by atoms with Crippen LogP contribution in [-0.4, -0.2) is 34.5 Å². The summed E-state index contributed by atoms with van der Waals surface area (Å²) in [6.07, 6.45) is 3.66. The highest BCUT2D eigenvalue weighted by molar-refractivity contribution is 7.97. The molecule has 6 heteroatoms. The van der Waals surface area contributed by atoms with E-state index in [2.05, 4.69) is 59.5 Å². The monoisotopic (exact) mass is 505 g/mol. The van der Waals surface area contributed by atoms with Gasteiger partial charge in [0.15, 0.2) is 5.05 Å². The third-order valence-electron chi connectivity index (χ3n) is 3.95. The van der Waals surface area contributed by atoms with Crippen LogP contribution >= 0.6 is 24.8 Å². The van der Waals surface area contributed by atoms with Crippen molar-refractivity contribution < 1.29 is 14.6 Å². The number of ether oxygens (including phenoxy) is 1. The van der Waals surface area contributed by atoms with Crippen LogP contribution in [0.5, 0.6) is 5.75 Å². The fourth-order valence-corrected chi connectivity index (χ4v) is 2.86. The fourth-order valence-electron chi connectivity index (χ4n) is 2.50. The molecule has 1 heterocycles. The maximum absolute atomic E-state index is 10.5. The van der Waals surface area contributed by atoms with Crippen molar-refractivity contribution in [2.75, 3.05) is 13.2 Å². The lowest BCUT2D eigenvalue weighted by Gasteiger charge is -2.23. The molecule has 2 N–H and O–H groups in total. The molecule has 3 rings (SSSR count). The van der Waals surface area contributed by atoms with E-state index in [4.69, 9.17) is 17.0 Å². The lowest BCUT2D eigenvalue weighted by Crippen LogP contribution is -2.38. The first-order valence-corrected chi connectivity index (χ1v) is 12.9. The Hall–Kier alpha value is -1.89. The Kier molecular flexibility index (Phi) is 18.3. The smallest absolute Gasteiger partial charge is 0.216 e. The molecular weight excluding hydrogens is 462 g/mol. The number of rotatable bonds is 4. The van der Waals surface area contributed by atoms with Gasteiger partial charge in [0.2, 0.25) is 5.12 Å². The minimum absolute atomic E-state index is 0.185. The molecule has 1 unspecified atom stereocenters. The van der Waals surface area contributed by atoms with Crippen LogP contribution in [0.4, 0.5) is 0 Å². The molecule has 0 spiro atoms. The number of carbonyl (C=O) groups excluding carboxylic acids is 1. The molecule has 1 saturated heterocycles. The van der Waals surface area contributed by atoms with Crippen LogP contribution in [-0.2, 0) is 4.74 Å². The van der Waals surface area contributed by atoms with Crippen LogP contribution in [0, 0.1) is 11.8 Å². The Bertz CT molecular complexity index is 776. The van der Waals surface area contributed by atoms with Gasteiger partial charge in [-0.3, -0.25) is 4.79 Å². The molecule has 1 fully saturated rings. The lowest BCUT2D eigenvalue weighted by molar-refractivity contribution is 0.109. The van der Waals surface area contributed by atoms with Gasteiger partial charge in [-0.25, -0.2) is 0 Å². The maximum Gasteiger partial charge on any atom is 0.216 e. The van der Waals surface area contributed by atoms with Gasteiger partial charge in [-0.15, -0.1) is 12.6 Å². The quantitative estimate of drug-likeness (QED) is 0.300. The minimum atomic E-state index is -0.185. The average molecular weight is 506 g/mol. The SMILES string of the molecule is CC(C)C.CC(C)C.O=C(S)c1ccccc1.Oc1ccc(C(=S)OCC2CCCCN2)cc1. The number of hydrogen-bond donors (Lipinski definition) is 3. The number of nitrogens with one attached hydrogen (secondary N) is 1. The largest absolute Gasteiger partial charge is 0.508 e. The number of benzene rings is 2. The van der Waals surface area contributed by atoms with Gasteiger partial charge in [0, 0.05) is 17.2 Å². The molecule has 190 valence electrons. The maximum atomic E-state index is 10.5. The van der Waals surface area contributed by atoms with Gasteiger partial charge in [-0.05, 0) is 67.7 Å². The van der Waals surface area contributed by atoms with Crippen molar-refractivity contribution in [3.63, 3.8) is 0 Å². The Balaban J connectivity index is 0.000000534. The molecule has 2 aromatic rings. The van der Waals surface area contributed by atoms with E-state index in [0.29, 0.717) is 23.3 Å². The summed E-state index contributed by atoms with van der Waals surface area (Å²) < 4.78 is 5.59. The van der Waals surface area contributed by atoms with Gasteiger partial charge in [-0.1, -0.05) is 78.3 Å². The van der Waals surface area contributed by atoms with E-state index in [1.165, 1.54) is 12.8 Å². The summed E-state index contributed by atoms with van der Waals surface area (Å²) in [5.74, 6) is 1.91. The normalized spacial score (nSPS) is 14.4. The molecule has 1 aliphatic rings. The van der Waals surface area contributed by atoms with E-state index >= 15 is 0 Å². The first kappa shape index (κ1) is 32.1. The van der Waals surface area contributed by atoms with Crippen molar-refractivity contribution in [1.29, 1.82) is 0 Å². The second-order valence-electron chi connectivity index (χ2n) is 9.43. The highest BCUT2D eigenvalue weighted by atomic mass is 32.1. The Morgan fingerprint density at radius 2 is 1.50 bits per heavy atom. The number of thiocarbonyl (C=S) groups is 1. The summed E-state index contributed by atoms with van der Waals surface area (Å²) >= 11 is 8.85. The van der Waals surface area contributed by atoms with Crippen LogP contribution in [0.2, 0.25) is 0 Å². The van der Waals surface area contributed by atoms with Gasteiger partial charge in [0.25, 0.3) is 0 Å². The molecule has 0 radical (unpaired) electrons. The van der Waals surface area contributed by atoms with Crippen LogP contribution in [0.15, 0.2) is 54.6 Å². The molecule has 4 nitrogen and oxygen atoms in total. The Morgan fingerprint density at radius 1 is 0.971 bits per heavy atom. The summed E-state index contributed by atoms with van der Waals surface area (Å²) in [5, 5.41) is 12.9. The van der Waals surface area contributed by atoms with E-state index < -0.39 is 0 Å². The zero-order valence-corrected chi connectivity index (χ0v) is 23.3. The summed E-state index contributed by atoms with van der Waals surface area (Å²) in [6.45, 7) is 14.7. The van der Waals surface area contributed by atoms with Crippen LogP contribution in [0.3, 0.4) is 0 Å². The summed E-state index contributed by atoms with van der Waals surface area (Å²) in [4.78, 5) is 10.5. The number of phenolic OH excluding ortho intramolecular Hbond substituents is 1. The molecule has 34 heavy (non-hydrogen) atoms. The van der Waals surface area contributed by atoms with Crippen LogP contribution in [0.25, 0.3) is 0 Å². The van der Waals surface area contributed by atoms with Gasteiger partial charge >= 0.3 is 0 Å². The number of thiol groups is 1. The van der Waals surface area contributed by atoms with E-state index in [0.717, 1.165) is 30.4 Å². The van der Waals surface area contributed by atoms with Gasteiger partial charge in [-0.2, -0.15) is 0 Å². The van der Waals surface area contributed by atoms with Crippen molar-refractivity contribution in [2.45, 2.75) is 66.8 Å². The minimum Gasteiger partial charge on any atom is -0.508 e. The molecular formula is C28H43NO3S2. The van der Waals surface area contributed by atoms with Crippen molar-refractivity contribution >= 4 is 35.0 Å². The van der Waals surface area contributed by atoms with Crippen LogP contribution < -0.4 is 5.32 Å². The number of hydrogen-bond acceptors (Lipinski definition) is 5. The standard InChI is InChI=1S/C13H17NO2S.C7H6OS.2C4H10/c15-12-6-4-10(5-7-12)13(17)16-9-11-3-1-2-8-14-11;8-7(9)6-4-2-1-3-5-6;2*1-4(2)3/h4-7,11,14-15H,1-3,8-9H2;1-5H,(H,8,9);2*4H,1-3H3. The summed E-state index contributed by atoms with van der Waals surface area (Å²) in [6, 6.07) is 16.1. The van der Waals surface area contributed by atoms with Crippen LogP contribution in [0.1, 0.15) is 76.7 Å². The number of carbonyl (C=O) groups is 1. The second-order valence-corrected chi connectivity index (χ2v) is 10.2. The third kappa shape index (κ3) is 18.5. The highest BCUT2D eigenvalue weighted by Crippen LogP contribution is 2.13. The zero-order valence-electron chi connectivity index (χ0n) is 21.6. The van der Waals surface area contributed by atoms with Crippen molar-refractivity contribution in [3.05, 3.63) is 65.7 Å². The molecule has 0 saturated carbocycles. The fraction of sp³-hybridized carbons (Fsp3) is 0.500. The topological polar surface area (TPSA) is 58.6 Å². The lowest BCUT2D eigenvalue weighted by atomic mass is 10.1. The third-order valence-corrected chi connectivity index (χ3v) is 4.56. The molecule has 0 bridgehead atoms. The number of phenols is 1. The first-order valence-electron chi connectivity index (χ1n) is 12.0. The average Bonchev–Trinajstić information content (AvgIpc) is 2.79. The molecule has 0 aromatic heterocycles. The number of aromatic hydroxyl groups is 1. The Morgan fingerprint density at radius 3 is 1.91 bits per heavy atom. The highest BCUT2D eigenvalue weighted by Gasteiger charge is 2.14.